The number of para-hydroxylation sites is 5. The monoisotopic (exact) mass is 783 g/mol. The third-order valence-corrected chi connectivity index (χ3v) is 17.0. The van der Waals surface area contributed by atoms with Crippen LogP contribution in [0.2, 0.25) is 6.55 Å². The normalized spacial score (nSPS) is 12.7. The first-order valence-electron chi connectivity index (χ1n) is 20.8. The topological polar surface area (TPSA) is 9.72 Å². The maximum atomic E-state index is 2.48. The van der Waals surface area contributed by atoms with Gasteiger partial charge in [0.2, 0.25) is 0 Å². The van der Waals surface area contributed by atoms with Gasteiger partial charge >= 0.3 is 0 Å². The van der Waals surface area contributed by atoms with E-state index in [1.807, 2.05) is 0 Å². The van der Waals surface area contributed by atoms with Gasteiger partial charge in [-0.15, -0.1) is 0 Å². The van der Waals surface area contributed by atoms with Crippen molar-refractivity contribution in [3.63, 3.8) is 0 Å². The lowest BCUT2D eigenvalue weighted by Crippen LogP contribution is -2.64. The van der Waals surface area contributed by atoms with Gasteiger partial charge in [-0.25, -0.2) is 0 Å². The Morgan fingerprint density at radius 3 is 1.18 bits per heavy atom. The van der Waals surface area contributed by atoms with Gasteiger partial charge in [-0.05, 0) is 105 Å². The minimum absolute atomic E-state index is 0.0550. The number of benzene rings is 9. The molecule has 0 aliphatic carbocycles. The molecule has 0 bridgehead atoms. The van der Waals surface area contributed by atoms with E-state index in [0.29, 0.717) is 0 Å². The fraction of sp³-hybridized carbons (Fsp3) is 0.0182. The number of hydrogen-bond donors (Lipinski definition) is 0. The Balaban J connectivity index is 1.17. The SMILES string of the molecule is C[Si](c1ccccc1)(c1ccccc1)c1ccc(N(c2ccccc2)c2cc3c4c(c2)N(c2ccccc2)c2ccccc2B4c2ccccc2N3c2ccccc2)cc1. The molecule has 5 heteroatoms. The minimum atomic E-state index is -2.32. The lowest BCUT2D eigenvalue weighted by atomic mass is 9.33. The van der Waals surface area contributed by atoms with Crippen LogP contribution in [-0.2, 0) is 0 Å². The first kappa shape index (κ1) is 35.8. The molecule has 0 unspecified atom stereocenters. The molecule has 284 valence electrons. The van der Waals surface area contributed by atoms with Crippen molar-refractivity contribution in [3.05, 3.63) is 237 Å². The summed E-state index contributed by atoms with van der Waals surface area (Å²) >= 11 is 0. The lowest BCUT2D eigenvalue weighted by Gasteiger charge is -2.45. The van der Waals surface area contributed by atoms with Gasteiger partial charge in [0, 0.05) is 45.5 Å². The second-order valence-corrected chi connectivity index (χ2v) is 19.8. The van der Waals surface area contributed by atoms with Crippen LogP contribution in [0.15, 0.2) is 237 Å². The van der Waals surface area contributed by atoms with E-state index in [0.717, 1.165) is 28.4 Å². The average molecular weight is 784 g/mol. The molecule has 0 saturated carbocycles. The van der Waals surface area contributed by atoms with Crippen LogP contribution in [0.4, 0.5) is 51.2 Å². The molecule has 0 spiro atoms. The molecular weight excluding hydrogens is 742 g/mol. The molecule has 0 aromatic heterocycles. The zero-order valence-corrected chi connectivity index (χ0v) is 34.4. The maximum Gasteiger partial charge on any atom is 0.252 e. The van der Waals surface area contributed by atoms with Gasteiger partial charge in [-0.3, -0.25) is 0 Å². The molecular formula is C55H42BN3Si. The Labute approximate surface area is 354 Å². The largest absolute Gasteiger partial charge is 0.311 e. The Kier molecular flexibility index (Phi) is 8.83. The van der Waals surface area contributed by atoms with E-state index >= 15 is 0 Å². The summed E-state index contributed by atoms with van der Waals surface area (Å²) < 4.78 is 0. The smallest absolute Gasteiger partial charge is 0.252 e. The Hall–Kier alpha value is -7.34. The molecule has 60 heavy (non-hydrogen) atoms. The number of rotatable bonds is 8. The van der Waals surface area contributed by atoms with Crippen molar-refractivity contribution in [2.45, 2.75) is 6.55 Å². The van der Waals surface area contributed by atoms with Crippen molar-refractivity contribution in [2.75, 3.05) is 14.7 Å². The van der Waals surface area contributed by atoms with Gasteiger partial charge in [0.05, 0.1) is 5.69 Å². The third kappa shape index (κ3) is 5.81. The summed E-state index contributed by atoms with van der Waals surface area (Å²) in [5, 5.41) is 4.17. The van der Waals surface area contributed by atoms with E-state index in [-0.39, 0.29) is 6.71 Å². The summed E-state index contributed by atoms with van der Waals surface area (Å²) in [5.74, 6) is 0. The lowest BCUT2D eigenvalue weighted by molar-refractivity contribution is 1.23. The maximum absolute atomic E-state index is 2.48. The summed E-state index contributed by atoms with van der Waals surface area (Å²) in [6, 6.07) is 87.0. The number of nitrogens with zero attached hydrogens (tertiary/aromatic N) is 3. The highest BCUT2D eigenvalue weighted by molar-refractivity contribution is 7.10. The highest BCUT2D eigenvalue weighted by atomic mass is 28.3. The van der Waals surface area contributed by atoms with Crippen LogP contribution in [0.5, 0.6) is 0 Å². The van der Waals surface area contributed by atoms with Crippen molar-refractivity contribution in [3.8, 4) is 0 Å². The van der Waals surface area contributed by atoms with Gasteiger partial charge in [0.25, 0.3) is 6.71 Å². The number of anilines is 9. The van der Waals surface area contributed by atoms with Crippen molar-refractivity contribution in [1.29, 1.82) is 0 Å². The first-order valence-corrected chi connectivity index (χ1v) is 23.3. The second kappa shape index (κ2) is 14.8. The average Bonchev–Trinajstić information content (AvgIpc) is 3.33. The highest BCUT2D eigenvalue weighted by Gasteiger charge is 2.44. The Bertz CT molecular complexity index is 2790. The number of fused-ring (bicyclic) bond motifs is 4. The molecule has 9 aromatic rings. The second-order valence-electron chi connectivity index (χ2n) is 15.9. The zero-order chi connectivity index (χ0) is 40.0. The predicted octanol–water partition coefficient (Wildman–Crippen LogP) is 10.3. The molecule has 11 rings (SSSR count). The van der Waals surface area contributed by atoms with Crippen LogP contribution in [0, 0.1) is 0 Å². The summed E-state index contributed by atoms with van der Waals surface area (Å²) in [6.07, 6.45) is 0. The summed E-state index contributed by atoms with van der Waals surface area (Å²) in [7, 11) is -2.32. The molecule has 2 aliphatic heterocycles. The quantitative estimate of drug-likeness (QED) is 0.112. The molecule has 2 heterocycles. The highest BCUT2D eigenvalue weighted by Crippen LogP contribution is 2.47. The van der Waals surface area contributed by atoms with Gasteiger partial charge in [-0.2, -0.15) is 0 Å². The van der Waals surface area contributed by atoms with E-state index in [4.69, 9.17) is 0 Å². The van der Waals surface area contributed by atoms with Crippen LogP contribution in [-0.4, -0.2) is 14.8 Å². The van der Waals surface area contributed by atoms with E-state index in [2.05, 4.69) is 258 Å². The van der Waals surface area contributed by atoms with Crippen LogP contribution in [0.3, 0.4) is 0 Å². The molecule has 2 aliphatic rings. The van der Waals surface area contributed by atoms with Crippen molar-refractivity contribution < 1.29 is 0 Å². The van der Waals surface area contributed by atoms with Gasteiger partial charge in [-0.1, -0.05) is 170 Å². The van der Waals surface area contributed by atoms with Gasteiger partial charge in [0.15, 0.2) is 0 Å². The molecule has 0 atom stereocenters. The third-order valence-electron chi connectivity index (χ3n) is 12.6. The van der Waals surface area contributed by atoms with Crippen molar-refractivity contribution in [2.24, 2.45) is 0 Å². The van der Waals surface area contributed by atoms with E-state index in [9.17, 15) is 0 Å². The van der Waals surface area contributed by atoms with Crippen LogP contribution in [0.25, 0.3) is 0 Å². The summed E-state index contributed by atoms with van der Waals surface area (Å²) in [5.41, 5.74) is 14.3. The van der Waals surface area contributed by atoms with Crippen LogP contribution < -0.4 is 46.6 Å². The van der Waals surface area contributed by atoms with E-state index < -0.39 is 8.07 Å². The van der Waals surface area contributed by atoms with E-state index in [1.54, 1.807) is 0 Å². The molecule has 0 amide bonds. The Morgan fingerprint density at radius 1 is 0.350 bits per heavy atom. The molecule has 0 fully saturated rings. The van der Waals surface area contributed by atoms with Crippen molar-refractivity contribution >= 4 is 97.9 Å². The van der Waals surface area contributed by atoms with Crippen molar-refractivity contribution in [1.82, 2.24) is 0 Å². The summed E-state index contributed by atoms with van der Waals surface area (Å²) in [4.78, 5) is 7.40. The standard InChI is InChI=1S/C55H42BN3Si/c1-60(46-27-13-5-14-28-46,47-29-15-6-16-30-47)48-37-35-44(36-38-48)57(41-21-7-2-8-22-41)45-39-53-55-54(40-45)59(43-25-11-4-12-26-43)52-34-20-18-32-50(52)56(55)49-31-17-19-33-51(49)58(53)42-23-9-3-10-24-42/h2-40H,1H3. The fourth-order valence-electron chi connectivity index (χ4n) is 9.73. The minimum Gasteiger partial charge on any atom is -0.311 e. The first-order chi connectivity index (χ1) is 29.7. The van der Waals surface area contributed by atoms with E-state index in [1.165, 1.54) is 54.7 Å². The molecule has 9 aromatic carbocycles. The van der Waals surface area contributed by atoms with Crippen LogP contribution in [0.1, 0.15) is 0 Å². The summed E-state index contributed by atoms with van der Waals surface area (Å²) in [6.45, 7) is 2.54. The van der Waals surface area contributed by atoms with Gasteiger partial charge in [0.1, 0.15) is 8.07 Å². The number of hydrogen-bond acceptors (Lipinski definition) is 3. The van der Waals surface area contributed by atoms with Gasteiger partial charge < -0.3 is 14.7 Å². The zero-order valence-electron chi connectivity index (χ0n) is 33.4. The molecule has 3 nitrogen and oxygen atoms in total. The predicted molar refractivity (Wildman–Crippen MR) is 259 cm³/mol. The molecule has 0 saturated heterocycles. The fourth-order valence-corrected chi connectivity index (χ4v) is 13.3. The molecule has 0 N–H and O–H groups in total. The van der Waals surface area contributed by atoms with Crippen LogP contribution >= 0.6 is 0 Å². The molecule has 0 radical (unpaired) electrons. The Morgan fingerprint density at radius 2 is 0.717 bits per heavy atom.